The Morgan fingerprint density at radius 3 is 2.89 bits per heavy atom. The monoisotopic (exact) mass is 270 g/mol. The number of methoxy groups -OCH3 is 1. The van der Waals surface area contributed by atoms with E-state index in [-0.39, 0.29) is 22.1 Å². The number of aromatic hydroxyl groups is 1. The fraction of sp³-hybridized carbons (Fsp3) is 0.250. The van der Waals surface area contributed by atoms with Crippen molar-refractivity contribution in [1.82, 2.24) is 0 Å². The Kier molecular flexibility index (Phi) is 3.45. The fourth-order valence-electron chi connectivity index (χ4n) is 1.73. The third-order valence-electron chi connectivity index (χ3n) is 2.60. The summed E-state index contributed by atoms with van der Waals surface area (Å²) in [4.78, 5) is 11.1. The second-order valence-corrected chi connectivity index (χ2v) is 4.17. The van der Waals surface area contributed by atoms with Crippen LogP contribution >= 0.6 is 11.6 Å². The number of esters is 1. The van der Waals surface area contributed by atoms with Crippen LogP contribution in [-0.4, -0.2) is 29.4 Å². The smallest absolute Gasteiger partial charge is 0.335 e. The molecule has 0 saturated heterocycles. The minimum atomic E-state index is -1.21. The summed E-state index contributed by atoms with van der Waals surface area (Å²) >= 11 is 5.92. The molecule has 5 nitrogen and oxygen atoms in total. The van der Waals surface area contributed by atoms with Crippen LogP contribution in [0.4, 0.5) is 0 Å². The van der Waals surface area contributed by atoms with Crippen LogP contribution in [0.3, 0.4) is 0 Å². The average molecular weight is 271 g/mol. The van der Waals surface area contributed by atoms with Gasteiger partial charge in [-0.25, -0.2) is 4.79 Å². The summed E-state index contributed by atoms with van der Waals surface area (Å²) in [5.74, 6) is -0.417. The number of carbonyl (C=O) groups excluding carboxylic acids is 1. The van der Waals surface area contributed by atoms with E-state index in [1.165, 1.54) is 25.3 Å². The first-order valence-electron chi connectivity index (χ1n) is 5.15. The number of hydrogen-bond acceptors (Lipinski definition) is 5. The van der Waals surface area contributed by atoms with Crippen molar-refractivity contribution in [2.45, 2.75) is 12.2 Å². The number of carbonyl (C=O) groups is 1. The molecule has 0 aromatic heterocycles. The summed E-state index contributed by atoms with van der Waals surface area (Å²) in [6.45, 7) is 0. The standard InChI is InChI=1S/C12H11ClO5/c1-17-9-5-10(15)18-12(9)11(16)7-4-6(14)2-3-8(7)13/h2-5,11-12,14,16H,1H3. The van der Waals surface area contributed by atoms with Crippen LogP contribution in [0.15, 0.2) is 30.0 Å². The number of phenolic OH excluding ortho intramolecular Hbond substituents is 1. The quantitative estimate of drug-likeness (QED) is 0.815. The molecule has 0 radical (unpaired) electrons. The molecule has 2 unspecified atom stereocenters. The molecule has 96 valence electrons. The normalized spacial score (nSPS) is 20.3. The van der Waals surface area contributed by atoms with E-state index in [0.717, 1.165) is 6.08 Å². The zero-order valence-corrected chi connectivity index (χ0v) is 10.2. The molecule has 1 aromatic carbocycles. The van der Waals surface area contributed by atoms with Gasteiger partial charge in [0.05, 0.1) is 13.2 Å². The molecule has 2 rings (SSSR count). The maximum absolute atomic E-state index is 11.1. The summed E-state index contributed by atoms with van der Waals surface area (Å²) < 4.78 is 9.89. The largest absolute Gasteiger partial charge is 0.508 e. The molecule has 0 saturated carbocycles. The first kappa shape index (κ1) is 12.7. The minimum Gasteiger partial charge on any atom is -0.508 e. The van der Waals surface area contributed by atoms with E-state index < -0.39 is 18.2 Å². The van der Waals surface area contributed by atoms with Crippen molar-refractivity contribution in [2.75, 3.05) is 7.11 Å². The highest BCUT2D eigenvalue weighted by Gasteiger charge is 2.35. The van der Waals surface area contributed by atoms with Crippen LogP contribution in [0.2, 0.25) is 5.02 Å². The second-order valence-electron chi connectivity index (χ2n) is 3.76. The van der Waals surface area contributed by atoms with Crippen LogP contribution in [0.5, 0.6) is 5.75 Å². The van der Waals surface area contributed by atoms with Gasteiger partial charge in [0.15, 0.2) is 6.10 Å². The van der Waals surface area contributed by atoms with E-state index in [0.29, 0.717) is 0 Å². The number of phenols is 1. The van der Waals surface area contributed by atoms with Crippen LogP contribution in [-0.2, 0) is 14.3 Å². The lowest BCUT2D eigenvalue weighted by molar-refractivity contribution is -0.144. The van der Waals surface area contributed by atoms with E-state index in [2.05, 4.69) is 0 Å². The van der Waals surface area contributed by atoms with Gasteiger partial charge in [0.2, 0.25) is 0 Å². The first-order valence-corrected chi connectivity index (χ1v) is 5.53. The van der Waals surface area contributed by atoms with E-state index >= 15 is 0 Å². The van der Waals surface area contributed by atoms with Crippen molar-refractivity contribution in [3.8, 4) is 5.75 Å². The summed E-state index contributed by atoms with van der Waals surface area (Å²) in [5.41, 5.74) is 0.263. The summed E-state index contributed by atoms with van der Waals surface area (Å²) in [5, 5.41) is 19.8. The van der Waals surface area contributed by atoms with Crippen LogP contribution in [0.1, 0.15) is 11.7 Å². The summed E-state index contributed by atoms with van der Waals surface area (Å²) in [7, 11) is 1.37. The molecule has 0 bridgehead atoms. The Morgan fingerprint density at radius 2 is 2.22 bits per heavy atom. The molecule has 18 heavy (non-hydrogen) atoms. The van der Waals surface area contributed by atoms with E-state index in [1.54, 1.807) is 0 Å². The summed E-state index contributed by atoms with van der Waals surface area (Å²) in [6.07, 6.45) is -1.01. The van der Waals surface area contributed by atoms with E-state index in [4.69, 9.17) is 21.1 Å². The van der Waals surface area contributed by atoms with Crippen molar-refractivity contribution in [3.05, 3.63) is 40.6 Å². The van der Waals surface area contributed by atoms with Gasteiger partial charge in [-0.3, -0.25) is 0 Å². The predicted octanol–water partition coefficient (Wildman–Crippen LogP) is 1.53. The number of benzene rings is 1. The highest BCUT2D eigenvalue weighted by atomic mass is 35.5. The van der Waals surface area contributed by atoms with Crippen molar-refractivity contribution < 1.29 is 24.5 Å². The lowest BCUT2D eigenvalue weighted by atomic mass is 10.0. The average Bonchev–Trinajstić information content (AvgIpc) is 2.72. The van der Waals surface area contributed by atoms with Gasteiger partial charge < -0.3 is 19.7 Å². The van der Waals surface area contributed by atoms with Gasteiger partial charge in [-0.1, -0.05) is 11.6 Å². The number of aliphatic hydroxyl groups is 1. The lowest BCUT2D eigenvalue weighted by Crippen LogP contribution is -2.22. The second kappa shape index (κ2) is 4.88. The molecule has 0 fully saturated rings. The molecule has 2 atom stereocenters. The molecule has 0 spiro atoms. The van der Waals surface area contributed by atoms with Crippen molar-refractivity contribution in [2.24, 2.45) is 0 Å². The van der Waals surface area contributed by atoms with Crippen molar-refractivity contribution >= 4 is 17.6 Å². The third-order valence-corrected chi connectivity index (χ3v) is 2.95. The van der Waals surface area contributed by atoms with Gasteiger partial charge in [0.1, 0.15) is 17.6 Å². The molecule has 1 heterocycles. The Labute approximate surface area is 108 Å². The number of halogens is 1. The topological polar surface area (TPSA) is 76.0 Å². The van der Waals surface area contributed by atoms with Gasteiger partial charge in [-0.15, -0.1) is 0 Å². The molecule has 0 amide bonds. The molecule has 1 aliphatic heterocycles. The van der Waals surface area contributed by atoms with Crippen LogP contribution in [0.25, 0.3) is 0 Å². The SMILES string of the molecule is COC1=CC(=O)OC1C(O)c1cc(O)ccc1Cl. The third kappa shape index (κ3) is 2.27. The highest BCUT2D eigenvalue weighted by Crippen LogP contribution is 2.34. The number of rotatable bonds is 3. The predicted molar refractivity (Wildman–Crippen MR) is 63.0 cm³/mol. The van der Waals surface area contributed by atoms with E-state index in [9.17, 15) is 15.0 Å². The Hall–Kier alpha value is -1.72. The summed E-state index contributed by atoms with van der Waals surface area (Å²) in [6, 6.07) is 4.15. The molecule has 6 heteroatoms. The zero-order valence-electron chi connectivity index (χ0n) is 9.46. The Bertz CT molecular complexity index is 511. The highest BCUT2D eigenvalue weighted by molar-refractivity contribution is 6.31. The van der Waals surface area contributed by atoms with Crippen LogP contribution < -0.4 is 0 Å². The maximum atomic E-state index is 11.1. The van der Waals surface area contributed by atoms with E-state index in [1.807, 2.05) is 0 Å². The van der Waals surface area contributed by atoms with Crippen molar-refractivity contribution in [3.63, 3.8) is 0 Å². The molecule has 2 N–H and O–H groups in total. The first-order chi connectivity index (χ1) is 8.52. The molecule has 0 aliphatic carbocycles. The van der Waals surface area contributed by atoms with Crippen LogP contribution in [0, 0.1) is 0 Å². The minimum absolute atomic E-state index is 0.0410. The van der Waals surface area contributed by atoms with Gasteiger partial charge >= 0.3 is 5.97 Å². The molecule has 1 aromatic rings. The Balaban J connectivity index is 2.31. The van der Waals surface area contributed by atoms with Gasteiger partial charge in [-0.2, -0.15) is 0 Å². The van der Waals surface area contributed by atoms with Gasteiger partial charge in [-0.05, 0) is 18.2 Å². The Morgan fingerprint density at radius 1 is 1.50 bits per heavy atom. The molecule has 1 aliphatic rings. The lowest BCUT2D eigenvalue weighted by Gasteiger charge is -2.20. The van der Waals surface area contributed by atoms with Crippen molar-refractivity contribution in [1.29, 1.82) is 0 Å². The van der Waals surface area contributed by atoms with Gasteiger partial charge in [0, 0.05) is 10.6 Å². The zero-order chi connectivity index (χ0) is 13.3. The van der Waals surface area contributed by atoms with Gasteiger partial charge in [0.25, 0.3) is 0 Å². The number of hydrogen-bond donors (Lipinski definition) is 2. The number of aliphatic hydroxyl groups excluding tert-OH is 1. The number of ether oxygens (including phenoxy) is 2. The fourth-order valence-corrected chi connectivity index (χ4v) is 1.96. The maximum Gasteiger partial charge on any atom is 0.335 e. The number of cyclic esters (lactones) is 1. The molecular weight excluding hydrogens is 260 g/mol. The molecular formula is C12H11ClO5.